The van der Waals surface area contributed by atoms with E-state index in [0.717, 1.165) is 31.3 Å². The molecule has 1 aromatic heterocycles. The van der Waals surface area contributed by atoms with Crippen molar-refractivity contribution in [1.29, 1.82) is 0 Å². The Morgan fingerprint density at radius 1 is 1.12 bits per heavy atom. The van der Waals surface area contributed by atoms with E-state index in [-0.39, 0.29) is 0 Å². The molecule has 2 rings (SSSR count). The molecule has 0 saturated carbocycles. The molecule has 0 saturated heterocycles. The first-order chi connectivity index (χ1) is 8.22. The molecule has 2 N–H and O–H groups in total. The number of hydrogen-bond acceptors (Lipinski definition) is 2. The monoisotopic (exact) mass is 228 g/mol. The van der Waals surface area contributed by atoms with Crippen LogP contribution in [0.25, 0.3) is 10.9 Å². The molecule has 0 fully saturated rings. The maximum atomic E-state index is 5.52. The van der Waals surface area contributed by atoms with Crippen LogP contribution in [0, 0.1) is 13.8 Å². The summed E-state index contributed by atoms with van der Waals surface area (Å²) in [5.74, 6) is 0. The van der Waals surface area contributed by atoms with E-state index in [0.29, 0.717) is 0 Å². The number of para-hydroxylation sites is 1. The fraction of sp³-hybridized carbons (Fsp3) is 0.400. The summed E-state index contributed by atoms with van der Waals surface area (Å²) in [6, 6.07) is 8.57. The molecule has 2 aromatic rings. The average Bonchev–Trinajstić information content (AvgIpc) is 2.31. The maximum Gasteiger partial charge on any atom is 0.0737 e. The van der Waals surface area contributed by atoms with E-state index in [1.165, 1.54) is 22.2 Å². The van der Waals surface area contributed by atoms with Gasteiger partial charge in [-0.25, -0.2) is 0 Å². The lowest BCUT2D eigenvalue weighted by Gasteiger charge is -2.08. The largest absolute Gasteiger partial charge is 0.330 e. The first kappa shape index (κ1) is 12.1. The van der Waals surface area contributed by atoms with Gasteiger partial charge < -0.3 is 5.73 Å². The van der Waals surface area contributed by atoms with Gasteiger partial charge in [0.25, 0.3) is 0 Å². The number of aromatic nitrogens is 1. The van der Waals surface area contributed by atoms with Gasteiger partial charge in [-0.3, -0.25) is 4.98 Å². The van der Waals surface area contributed by atoms with Crippen LogP contribution in [-0.2, 0) is 6.42 Å². The molecule has 1 heterocycles. The van der Waals surface area contributed by atoms with E-state index in [1.807, 2.05) is 0 Å². The number of fused-ring (bicyclic) bond motifs is 1. The first-order valence-corrected chi connectivity index (χ1v) is 6.28. The van der Waals surface area contributed by atoms with Gasteiger partial charge >= 0.3 is 0 Å². The standard InChI is InChI=1S/C15H20N2/c1-11-6-5-8-14-12(2)10-13(17-15(11)14)7-3-4-9-16/h5-6,8,10H,3-4,7,9,16H2,1-2H3. The van der Waals surface area contributed by atoms with Crippen molar-refractivity contribution in [2.24, 2.45) is 5.73 Å². The van der Waals surface area contributed by atoms with Crippen LogP contribution in [0.1, 0.15) is 29.7 Å². The molecule has 17 heavy (non-hydrogen) atoms. The third-order valence-electron chi connectivity index (χ3n) is 3.19. The highest BCUT2D eigenvalue weighted by molar-refractivity contribution is 5.84. The molecule has 0 radical (unpaired) electrons. The minimum Gasteiger partial charge on any atom is -0.330 e. The van der Waals surface area contributed by atoms with Crippen LogP contribution < -0.4 is 5.73 Å². The van der Waals surface area contributed by atoms with Gasteiger partial charge in [0.1, 0.15) is 0 Å². The van der Waals surface area contributed by atoms with Gasteiger partial charge in [-0.1, -0.05) is 18.2 Å². The Morgan fingerprint density at radius 2 is 1.94 bits per heavy atom. The number of aryl methyl sites for hydroxylation is 3. The number of nitrogens with two attached hydrogens (primary N) is 1. The van der Waals surface area contributed by atoms with Gasteiger partial charge in [-0.2, -0.15) is 0 Å². The number of benzene rings is 1. The van der Waals surface area contributed by atoms with Crippen LogP contribution in [0.5, 0.6) is 0 Å². The van der Waals surface area contributed by atoms with Crippen molar-refractivity contribution in [1.82, 2.24) is 4.98 Å². The summed E-state index contributed by atoms with van der Waals surface area (Å²) in [7, 11) is 0. The van der Waals surface area contributed by atoms with Crippen LogP contribution in [0.2, 0.25) is 0 Å². The maximum absolute atomic E-state index is 5.52. The number of unbranched alkanes of at least 4 members (excludes halogenated alkanes) is 1. The van der Waals surface area contributed by atoms with E-state index in [2.05, 4.69) is 38.1 Å². The summed E-state index contributed by atoms with van der Waals surface area (Å²) in [4.78, 5) is 4.77. The molecule has 0 bridgehead atoms. The molecule has 0 aliphatic rings. The zero-order valence-corrected chi connectivity index (χ0v) is 10.7. The molecule has 2 nitrogen and oxygen atoms in total. The summed E-state index contributed by atoms with van der Waals surface area (Å²) in [6.07, 6.45) is 3.23. The molecular formula is C15H20N2. The van der Waals surface area contributed by atoms with Gasteiger partial charge in [0.15, 0.2) is 0 Å². The van der Waals surface area contributed by atoms with Crippen molar-refractivity contribution in [3.63, 3.8) is 0 Å². The van der Waals surface area contributed by atoms with Gasteiger partial charge in [0, 0.05) is 11.1 Å². The quantitative estimate of drug-likeness (QED) is 0.816. The van der Waals surface area contributed by atoms with Crippen molar-refractivity contribution in [2.75, 3.05) is 6.54 Å². The highest BCUT2D eigenvalue weighted by Gasteiger charge is 2.04. The Bertz CT molecular complexity index is 518. The second-order valence-electron chi connectivity index (χ2n) is 4.65. The molecule has 0 unspecified atom stereocenters. The van der Waals surface area contributed by atoms with Crippen molar-refractivity contribution < 1.29 is 0 Å². The minimum absolute atomic E-state index is 0.769. The van der Waals surface area contributed by atoms with Gasteiger partial charge in [-0.15, -0.1) is 0 Å². The molecule has 2 heteroatoms. The van der Waals surface area contributed by atoms with Gasteiger partial charge in [0.05, 0.1) is 5.52 Å². The Morgan fingerprint density at radius 3 is 2.71 bits per heavy atom. The zero-order chi connectivity index (χ0) is 12.3. The lowest BCUT2D eigenvalue weighted by molar-refractivity contribution is 0.734. The lowest BCUT2D eigenvalue weighted by atomic mass is 10.0. The van der Waals surface area contributed by atoms with Crippen molar-refractivity contribution in [3.8, 4) is 0 Å². The lowest BCUT2D eigenvalue weighted by Crippen LogP contribution is -2.00. The van der Waals surface area contributed by atoms with E-state index in [9.17, 15) is 0 Å². The van der Waals surface area contributed by atoms with Crippen LogP contribution >= 0.6 is 0 Å². The van der Waals surface area contributed by atoms with E-state index in [4.69, 9.17) is 10.7 Å². The van der Waals surface area contributed by atoms with E-state index in [1.54, 1.807) is 0 Å². The second kappa shape index (κ2) is 5.28. The SMILES string of the molecule is Cc1cc(CCCCN)nc2c(C)cccc12. The zero-order valence-electron chi connectivity index (χ0n) is 10.7. The van der Waals surface area contributed by atoms with E-state index < -0.39 is 0 Å². The molecule has 0 atom stereocenters. The Kier molecular flexibility index (Phi) is 3.75. The molecule has 0 amide bonds. The summed E-state index contributed by atoms with van der Waals surface area (Å²) in [5, 5.41) is 1.27. The Hall–Kier alpha value is -1.41. The number of hydrogen-bond donors (Lipinski definition) is 1. The first-order valence-electron chi connectivity index (χ1n) is 6.28. The Balaban J connectivity index is 2.36. The summed E-state index contributed by atoms with van der Waals surface area (Å²) in [6.45, 7) is 5.06. The number of rotatable bonds is 4. The number of pyridine rings is 1. The van der Waals surface area contributed by atoms with Crippen LogP contribution in [0.15, 0.2) is 24.3 Å². The average molecular weight is 228 g/mol. The molecule has 90 valence electrons. The molecular weight excluding hydrogens is 208 g/mol. The fourth-order valence-corrected chi connectivity index (χ4v) is 2.21. The highest BCUT2D eigenvalue weighted by atomic mass is 14.7. The summed E-state index contributed by atoms with van der Waals surface area (Å²) >= 11 is 0. The molecule has 0 aliphatic carbocycles. The normalized spacial score (nSPS) is 11.0. The predicted molar refractivity (Wildman–Crippen MR) is 73.2 cm³/mol. The number of nitrogens with zero attached hydrogens (tertiary/aromatic N) is 1. The fourth-order valence-electron chi connectivity index (χ4n) is 2.21. The minimum atomic E-state index is 0.769. The molecule has 0 spiro atoms. The van der Waals surface area contributed by atoms with Crippen LogP contribution in [-0.4, -0.2) is 11.5 Å². The Labute approximate surface area is 103 Å². The third kappa shape index (κ3) is 2.64. The van der Waals surface area contributed by atoms with Crippen LogP contribution in [0.4, 0.5) is 0 Å². The topological polar surface area (TPSA) is 38.9 Å². The smallest absolute Gasteiger partial charge is 0.0737 e. The predicted octanol–water partition coefficient (Wildman–Crippen LogP) is 3.13. The van der Waals surface area contributed by atoms with Crippen LogP contribution in [0.3, 0.4) is 0 Å². The molecule has 0 aliphatic heterocycles. The van der Waals surface area contributed by atoms with E-state index >= 15 is 0 Å². The van der Waals surface area contributed by atoms with Gasteiger partial charge in [-0.05, 0) is 56.8 Å². The summed E-state index contributed by atoms with van der Waals surface area (Å²) in [5.41, 5.74) is 10.4. The second-order valence-corrected chi connectivity index (χ2v) is 4.65. The van der Waals surface area contributed by atoms with Gasteiger partial charge in [0.2, 0.25) is 0 Å². The van der Waals surface area contributed by atoms with Crippen molar-refractivity contribution in [3.05, 3.63) is 41.1 Å². The van der Waals surface area contributed by atoms with Crippen molar-refractivity contribution in [2.45, 2.75) is 33.1 Å². The third-order valence-corrected chi connectivity index (χ3v) is 3.19. The van der Waals surface area contributed by atoms with Crippen molar-refractivity contribution >= 4 is 10.9 Å². The highest BCUT2D eigenvalue weighted by Crippen LogP contribution is 2.21. The molecule has 1 aromatic carbocycles. The summed E-state index contributed by atoms with van der Waals surface area (Å²) < 4.78 is 0.